The lowest BCUT2D eigenvalue weighted by Gasteiger charge is -2.46. The summed E-state index contributed by atoms with van der Waals surface area (Å²) in [6, 6.07) is 11.1. The fraction of sp³-hybridized carbons (Fsp3) is 0.464. The number of rotatable bonds is 11. The first-order valence-corrected chi connectivity index (χ1v) is 13.1. The predicted octanol–water partition coefficient (Wildman–Crippen LogP) is 3.68. The summed E-state index contributed by atoms with van der Waals surface area (Å²) in [5.41, 5.74) is 1.55. The van der Waals surface area contributed by atoms with E-state index in [1.165, 1.54) is 17.0 Å². The Morgan fingerprint density at radius 1 is 1.05 bits per heavy atom. The van der Waals surface area contributed by atoms with Gasteiger partial charge in [-0.05, 0) is 42.5 Å². The van der Waals surface area contributed by atoms with Crippen LogP contribution in [-0.2, 0) is 22.6 Å². The first-order valence-electron chi connectivity index (χ1n) is 13.1. The summed E-state index contributed by atoms with van der Waals surface area (Å²) < 4.78 is 10.6. The highest BCUT2D eigenvalue weighted by Gasteiger charge is 2.46. The third-order valence-electron chi connectivity index (χ3n) is 7.41. The van der Waals surface area contributed by atoms with Crippen molar-refractivity contribution in [1.82, 2.24) is 15.1 Å². The molecule has 1 N–H and O–H groups in total. The number of hydrogen-bond donors (Lipinski definition) is 1. The van der Waals surface area contributed by atoms with Gasteiger partial charge in [-0.25, -0.2) is 4.79 Å². The van der Waals surface area contributed by atoms with Gasteiger partial charge in [0, 0.05) is 44.2 Å². The SMILES string of the molecule is COc1ccc(CCNC(=O)CCN2C(=O)C3CCCCC3N(Cc3cccc([N+](=O)[O-])c3)C2=O)cc1OC. The van der Waals surface area contributed by atoms with Crippen molar-refractivity contribution in [3.8, 4) is 11.5 Å². The van der Waals surface area contributed by atoms with Crippen LogP contribution in [0.3, 0.4) is 0 Å². The number of nitro groups is 1. The fourth-order valence-corrected chi connectivity index (χ4v) is 5.40. The van der Waals surface area contributed by atoms with Crippen molar-refractivity contribution in [2.24, 2.45) is 5.92 Å². The topological polar surface area (TPSA) is 131 Å². The zero-order chi connectivity index (χ0) is 27.9. The van der Waals surface area contributed by atoms with Gasteiger partial charge < -0.3 is 19.7 Å². The first kappa shape index (κ1) is 27.9. The van der Waals surface area contributed by atoms with Gasteiger partial charge in [0.25, 0.3) is 5.69 Å². The smallest absolute Gasteiger partial charge is 0.327 e. The van der Waals surface area contributed by atoms with E-state index < -0.39 is 11.0 Å². The molecule has 2 unspecified atom stereocenters. The molecule has 0 bridgehead atoms. The molecule has 4 rings (SSSR count). The number of imide groups is 1. The van der Waals surface area contributed by atoms with Gasteiger partial charge in [-0.1, -0.05) is 31.0 Å². The number of hydrogen-bond acceptors (Lipinski definition) is 7. The maximum Gasteiger partial charge on any atom is 0.327 e. The van der Waals surface area contributed by atoms with Crippen molar-refractivity contribution in [1.29, 1.82) is 0 Å². The Morgan fingerprint density at radius 3 is 2.56 bits per heavy atom. The van der Waals surface area contributed by atoms with Crippen molar-refractivity contribution in [3.05, 3.63) is 63.7 Å². The number of nitro benzene ring substituents is 1. The quantitative estimate of drug-likeness (QED) is 0.341. The van der Waals surface area contributed by atoms with E-state index in [4.69, 9.17) is 9.47 Å². The lowest BCUT2D eigenvalue weighted by Crippen LogP contribution is -2.62. The zero-order valence-corrected chi connectivity index (χ0v) is 22.3. The Bertz CT molecular complexity index is 1230. The molecule has 208 valence electrons. The van der Waals surface area contributed by atoms with E-state index in [1.807, 2.05) is 18.2 Å². The van der Waals surface area contributed by atoms with Crippen molar-refractivity contribution < 1.29 is 28.8 Å². The summed E-state index contributed by atoms with van der Waals surface area (Å²) in [6.45, 7) is 0.539. The highest BCUT2D eigenvalue weighted by molar-refractivity contribution is 5.99. The molecule has 1 saturated heterocycles. The second kappa shape index (κ2) is 12.6. The molecule has 1 aliphatic heterocycles. The number of nitrogens with one attached hydrogen (secondary N) is 1. The minimum Gasteiger partial charge on any atom is -0.493 e. The molecule has 0 spiro atoms. The Labute approximate surface area is 227 Å². The minimum absolute atomic E-state index is 0.00848. The second-order valence-electron chi connectivity index (χ2n) is 9.82. The van der Waals surface area contributed by atoms with Gasteiger partial charge in [0.15, 0.2) is 11.5 Å². The summed E-state index contributed by atoms with van der Waals surface area (Å²) in [5.74, 6) is 0.411. The summed E-state index contributed by atoms with van der Waals surface area (Å²) in [7, 11) is 3.13. The summed E-state index contributed by atoms with van der Waals surface area (Å²) >= 11 is 0. The van der Waals surface area contributed by atoms with E-state index >= 15 is 0 Å². The number of methoxy groups -OCH3 is 2. The van der Waals surface area contributed by atoms with Crippen molar-refractivity contribution in [3.63, 3.8) is 0 Å². The molecule has 2 atom stereocenters. The third-order valence-corrected chi connectivity index (χ3v) is 7.41. The molecular formula is C28H34N4O7. The molecule has 2 aromatic rings. The van der Waals surface area contributed by atoms with Crippen LogP contribution >= 0.6 is 0 Å². The summed E-state index contributed by atoms with van der Waals surface area (Å²) in [6.07, 6.45) is 3.77. The van der Waals surface area contributed by atoms with Gasteiger partial charge in [0.1, 0.15) is 0 Å². The van der Waals surface area contributed by atoms with Crippen LogP contribution < -0.4 is 14.8 Å². The van der Waals surface area contributed by atoms with Crippen LogP contribution in [0.1, 0.15) is 43.2 Å². The third kappa shape index (κ3) is 6.47. The lowest BCUT2D eigenvalue weighted by molar-refractivity contribution is -0.384. The number of amides is 4. The molecule has 1 saturated carbocycles. The number of nitrogens with zero attached hydrogens (tertiary/aromatic N) is 3. The van der Waals surface area contributed by atoms with Crippen LogP contribution in [0.4, 0.5) is 10.5 Å². The number of carbonyl (C=O) groups is 3. The number of urea groups is 1. The van der Waals surface area contributed by atoms with Crippen LogP contribution in [0.5, 0.6) is 11.5 Å². The molecule has 1 aliphatic carbocycles. The van der Waals surface area contributed by atoms with E-state index in [0.717, 1.165) is 18.4 Å². The van der Waals surface area contributed by atoms with Gasteiger partial charge >= 0.3 is 6.03 Å². The lowest BCUT2D eigenvalue weighted by atomic mass is 9.81. The Balaban J connectivity index is 1.37. The minimum atomic E-state index is -0.468. The number of ether oxygens (including phenoxy) is 2. The fourth-order valence-electron chi connectivity index (χ4n) is 5.40. The molecule has 39 heavy (non-hydrogen) atoms. The molecule has 4 amide bonds. The molecule has 11 heteroatoms. The van der Waals surface area contributed by atoms with Crippen molar-refractivity contribution in [2.45, 2.75) is 51.1 Å². The van der Waals surface area contributed by atoms with Crippen molar-refractivity contribution >= 4 is 23.5 Å². The zero-order valence-electron chi connectivity index (χ0n) is 22.3. The molecule has 1 heterocycles. The van der Waals surface area contributed by atoms with Crippen LogP contribution in [0.25, 0.3) is 0 Å². The molecule has 2 aromatic carbocycles. The summed E-state index contributed by atoms with van der Waals surface area (Å²) in [4.78, 5) is 52.9. The Morgan fingerprint density at radius 2 is 1.82 bits per heavy atom. The Kier molecular flexibility index (Phi) is 9.00. The molecule has 2 aliphatic rings. The molecule has 2 fully saturated rings. The van der Waals surface area contributed by atoms with Crippen LogP contribution in [0.15, 0.2) is 42.5 Å². The van der Waals surface area contributed by atoms with Crippen molar-refractivity contribution in [2.75, 3.05) is 27.3 Å². The van der Waals surface area contributed by atoms with E-state index in [0.29, 0.717) is 42.9 Å². The van der Waals surface area contributed by atoms with Crippen LogP contribution in [0.2, 0.25) is 0 Å². The number of carbonyl (C=O) groups excluding carboxylic acids is 3. The van der Waals surface area contributed by atoms with Crippen LogP contribution in [-0.4, -0.2) is 65.9 Å². The number of fused-ring (bicyclic) bond motifs is 1. The average molecular weight is 539 g/mol. The molecular weight excluding hydrogens is 504 g/mol. The van der Waals surface area contributed by atoms with Gasteiger partial charge in [-0.15, -0.1) is 0 Å². The predicted molar refractivity (Wildman–Crippen MR) is 142 cm³/mol. The second-order valence-corrected chi connectivity index (χ2v) is 9.82. The van der Waals surface area contributed by atoms with Gasteiger partial charge in [-0.2, -0.15) is 0 Å². The standard InChI is InChI=1S/C28H34N4O7/c1-38-24-11-10-19(17-25(24)39-2)12-14-29-26(33)13-15-30-27(34)22-8-3-4-9-23(22)31(28(30)35)18-20-6-5-7-21(16-20)32(36)37/h5-7,10-11,16-17,22-23H,3-4,8-9,12-15,18H2,1-2H3,(H,29,33). The number of non-ortho nitro benzene ring substituents is 1. The maximum atomic E-state index is 13.5. The largest absolute Gasteiger partial charge is 0.493 e. The van der Waals surface area contributed by atoms with Gasteiger partial charge in [0.2, 0.25) is 11.8 Å². The highest BCUT2D eigenvalue weighted by Crippen LogP contribution is 2.35. The average Bonchev–Trinajstić information content (AvgIpc) is 2.95. The van der Waals surface area contributed by atoms with Gasteiger partial charge in [-0.3, -0.25) is 24.6 Å². The number of benzene rings is 2. The van der Waals surface area contributed by atoms with E-state index in [1.54, 1.807) is 31.3 Å². The van der Waals surface area contributed by atoms with E-state index in [-0.39, 0.29) is 49.0 Å². The molecule has 11 nitrogen and oxygen atoms in total. The van der Waals surface area contributed by atoms with Gasteiger partial charge in [0.05, 0.1) is 25.1 Å². The summed E-state index contributed by atoms with van der Waals surface area (Å²) in [5, 5.41) is 14.1. The maximum absolute atomic E-state index is 13.5. The van der Waals surface area contributed by atoms with E-state index in [2.05, 4.69) is 5.32 Å². The monoisotopic (exact) mass is 538 g/mol. The molecule has 0 radical (unpaired) electrons. The molecule has 0 aromatic heterocycles. The normalized spacial score (nSPS) is 18.9. The highest BCUT2D eigenvalue weighted by atomic mass is 16.6. The van der Waals surface area contributed by atoms with E-state index in [9.17, 15) is 24.5 Å². The first-order chi connectivity index (χ1) is 18.8. The Hall–Kier alpha value is -4.15. The van der Waals surface area contributed by atoms with Crippen LogP contribution in [0, 0.1) is 16.0 Å².